The number of aromatic nitrogens is 3. The fourth-order valence-corrected chi connectivity index (χ4v) is 3.07. The van der Waals surface area contributed by atoms with Crippen molar-refractivity contribution in [1.82, 2.24) is 14.3 Å². The normalized spacial score (nSPS) is 12.8. The summed E-state index contributed by atoms with van der Waals surface area (Å²) in [5.74, 6) is -0.607. The summed E-state index contributed by atoms with van der Waals surface area (Å²) in [5, 5.41) is 15.6. The summed E-state index contributed by atoms with van der Waals surface area (Å²) in [4.78, 5) is 12.5. The minimum Gasteiger partial charge on any atom is -0.382 e. The van der Waals surface area contributed by atoms with E-state index in [0.29, 0.717) is 28.7 Å². The van der Waals surface area contributed by atoms with Crippen molar-refractivity contribution in [3.05, 3.63) is 62.4 Å². The topological polar surface area (TPSA) is 60.1 Å². The first kappa shape index (κ1) is 16.7. The molecule has 5 nitrogen and oxygen atoms in total. The van der Waals surface area contributed by atoms with Crippen molar-refractivity contribution < 1.29 is 9.50 Å². The lowest BCUT2D eigenvalue weighted by atomic mass is 10.0. The van der Waals surface area contributed by atoms with E-state index in [2.05, 4.69) is 5.10 Å². The van der Waals surface area contributed by atoms with E-state index in [1.54, 1.807) is 23.9 Å². The molecule has 2 heterocycles. The lowest BCUT2D eigenvalue weighted by Gasteiger charge is -2.14. The summed E-state index contributed by atoms with van der Waals surface area (Å²) in [5.41, 5.74) is 1.70. The van der Waals surface area contributed by atoms with Gasteiger partial charge in [0.15, 0.2) is 5.52 Å². The van der Waals surface area contributed by atoms with Crippen LogP contribution >= 0.6 is 11.6 Å². The summed E-state index contributed by atoms with van der Waals surface area (Å²) < 4.78 is 16.8. The Morgan fingerprint density at radius 3 is 2.75 bits per heavy atom. The molecule has 0 bridgehead atoms. The molecule has 3 rings (SSSR count). The average Bonchev–Trinajstić information content (AvgIpc) is 2.90. The Labute approximate surface area is 142 Å². The van der Waals surface area contributed by atoms with E-state index in [0.717, 1.165) is 5.56 Å². The summed E-state index contributed by atoms with van der Waals surface area (Å²) in [7, 11) is 1.65. The van der Waals surface area contributed by atoms with E-state index in [4.69, 9.17) is 11.6 Å². The highest BCUT2D eigenvalue weighted by molar-refractivity contribution is 6.30. The van der Waals surface area contributed by atoms with E-state index >= 15 is 0 Å². The summed E-state index contributed by atoms with van der Waals surface area (Å²) >= 11 is 5.70. The van der Waals surface area contributed by atoms with Crippen LogP contribution in [0.15, 0.2) is 29.2 Å². The molecule has 2 aromatic heterocycles. The molecule has 1 atom stereocenters. The van der Waals surface area contributed by atoms with Crippen molar-refractivity contribution in [1.29, 1.82) is 0 Å². The Bertz CT molecular complexity index is 994. The SMILES string of the molecule is CCn1cc(C)c2c([C@@H](O)c3ccc(Cl)c(F)c3)n(C)nc2c1=O. The zero-order chi connectivity index (χ0) is 17.6. The zero-order valence-electron chi connectivity index (χ0n) is 13.5. The third-order valence-electron chi connectivity index (χ3n) is 4.16. The van der Waals surface area contributed by atoms with Crippen molar-refractivity contribution in [3.63, 3.8) is 0 Å². The molecule has 0 fully saturated rings. The van der Waals surface area contributed by atoms with Gasteiger partial charge in [0.05, 0.1) is 10.7 Å². The van der Waals surface area contributed by atoms with Gasteiger partial charge in [0.25, 0.3) is 5.56 Å². The van der Waals surface area contributed by atoms with Gasteiger partial charge in [-0.3, -0.25) is 9.48 Å². The largest absolute Gasteiger partial charge is 0.382 e. The molecule has 24 heavy (non-hydrogen) atoms. The number of aliphatic hydroxyl groups excluding tert-OH is 1. The number of aliphatic hydroxyl groups is 1. The molecule has 0 spiro atoms. The Balaban J connectivity index is 2.26. The van der Waals surface area contributed by atoms with Crippen LogP contribution < -0.4 is 5.56 Å². The Morgan fingerprint density at radius 1 is 1.42 bits per heavy atom. The quantitative estimate of drug-likeness (QED) is 0.791. The molecule has 0 unspecified atom stereocenters. The molecule has 0 radical (unpaired) electrons. The van der Waals surface area contributed by atoms with Crippen LogP contribution in [0.1, 0.15) is 29.8 Å². The molecule has 126 valence electrons. The smallest absolute Gasteiger partial charge is 0.278 e. The number of benzene rings is 1. The summed E-state index contributed by atoms with van der Waals surface area (Å²) in [6, 6.07) is 4.14. The van der Waals surface area contributed by atoms with Crippen molar-refractivity contribution in [2.45, 2.75) is 26.5 Å². The number of fused-ring (bicyclic) bond motifs is 1. The van der Waals surface area contributed by atoms with Crippen LogP contribution in [0.3, 0.4) is 0 Å². The standard InChI is InChI=1S/C17H17ClFN3O2/c1-4-22-8-9(2)13-14(17(22)24)20-21(3)15(13)16(23)10-5-6-11(18)12(19)7-10/h5-8,16,23H,4H2,1-3H3/t16-/m0/s1. The number of nitrogens with zero attached hydrogens (tertiary/aromatic N) is 3. The minimum absolute atomic E-state index is 0.0113. The van der Waals surface area contributed by atoms with Crippen molar-refractivity contribution in [2.24, 2.45) is 7.05 Å². The van der Waals surface area contributed by atoms with E-state index in [1.807, 2.05) is 13.8 Å². The van der Waals surface area contributed by atoms with Gasteiger partial charge in [0.2, 0.25) is 0 Å². The Kier molecular flexibility index (Phi) is 4.19. The van der Waals surface area contributed by atoms with Gasteiger partial charge in [-0.2, -0.15) is 5.10 Å². The molecule has 3 aromatic rings. The Morgan fingerprint density at radius 2 is 2.12 bits per heavy atom. The van der Waals surface area contributed by atoms with Gasteiger partial charge in [0, 0.05) is 25.2 Å². The van der Waals surface area contributed by atoms with Crippen LogP contribution in [0.2, 0.25) is 5.02 Å². The van der Waals surface area contributed by atoms with Crippen molar-refractivity contribution in [3.8, 4) is 0 Å². The van der Waals surface area contributed by atoms with Gasteiger partial charge < -0.3 is 9.67 Å². The predicted molar refractivity (Wildman–Crippen MR) is 90.9 cm³/mol. The van der Waals surface area contributed by atoms with Crippen LogP contribution in [0.25, 0.3) is 10.9 Å². The zero-order valence-corrected chi connectivity index (χ0v) is 14.3. The van der Waals surface area contributed by atoms with Gasteiger partial charge >= 0.3 is 0 Å². The van der Waals surface area contributed by atoms with Gasteiger partial charge in [-0.05, 0) is 37.1 Å². The predicted octanol–water partition coefficient (Wildman–Crippen LogP) is 2.94. The fraction of sp³-hybridized carbons (Fsp3) is 0.294. The molecule has 0 aliphatic heterocycles. The third kappa shape index (κ3) is 2.52. The molecule has 0 aliphatic rings. The average molecular weight is 350 g/mol. The highest BCUT2D eigenvalue weighted by Gasteiger charge is 2.23. The first-order valence-electron chi connectivity index (χ1n) is 7.54. The van der Waals surface area contributed by atoms with Crippen LogP contribution in [0.4, 0.5) is 4.39 Å². The lowest BCUT2D eigenvalue weighted by molar-refractivity contribution is 0.211. The molecule has 0 amide bonds. The molecule has 0 aliphatic carbocycles. The monoisotopic (exact) mass is 349 g/mol. The van der Waals surface area contributed by atoms with Crippen molar-refractivity contribution >= 4 is 22.5 Å². The maximum absolute atomic E-state index is 13.7. The first-order valence-corrected chi connectivity index (χ1v) is 7.92. The number of hydrogen-bond acceptors (Lipinski definition) is 3. The number of pyridine rings is 1. The van der Waals surface area contributed by atoms with Gasteiger partial charge in [0.1, 0.15) is 11.9 Å². The lowest BCUT2D eigenvalue weighted by Crippen LogP contribution is -2.19. The molecule has 1 N–H and O–H groups in total. The van der Waals surface area contributed by atoms with Crippen LogP contribution in [-0.2, 0) is 13.6 Å². The number of aryl methyl sites for hydroxylation is 3. The molecule has 0 saturated carbocycles. The molecular weight excluding hydrogens is 333 g/mol. The fourth-order valence-electron chi connectivity index (χ4n) is 2.96. The molecule has 1 aromatic carbocycles. The van der Waals surface area contributed by atoms with Crippen molar-refractivity contribution in [2.75, 3.05) is 0 Å². The molecular formula is C17H17ClFN3O2. The van der Waals surface area contributed by atoms with Gasteiger partial charge in [-0.25, -0.2) is 4.39 Å². The number of hydrogen-bond donors (Lipinski definition) is 1. The summed E-state index contributed by atoms with van der Waals surface area (Å²) in [6.07, 6.45) is 0.618. The number of rotatable bonds is 3. The first-order chi connectivity index (χ1) is 11.3. The summed E-state index contributed by atoms with van der Waals surface area (Å²) in [6.45, 7) is 4.27. The molecule has 0 saturated heterocycles. The second-order valence-corrected chi connectivity index (χ2v) is 6.12. The van der Waals surface area contributed by atoms with E-state index < -0.39 is 11.9 Å². The van der Waals surface area contributed by atoms with E-state index in [9.17, 15) is 14.3 Å². The number of halogens is 2. The van der Waals surface area contributed by atoms with Crippen LogP contribution in [0.5, 0.6) is 0 Å². The van der Waals surface area contributed by atoms with E-state index in [-0.39, 0.29) is 10.6 Å². The second kappa shape index (κ2) is 6.03. The van der Waals surface area contributed by atoms with Gasteiger partial charge in [-0.15, -0.1) is 0 Å². The van der Waals surface area contributed by atoms with E-state index in [1.165, 1.54) is 16.8 Å². The molecule has 7 heteroatoms. The maximum atomic E-state index is 13.7. The van der Waals surface area contributed by atoms with Crippen LogP contribution in [0, 0.1) is 12.7 Å². The second-order valence-electron chi connectivity index (χ2n) is 5.71. The highest BCUT2D eigenvalue weighted by Crippen LogP contribution is 2.30. The van der Waals surface area contributed by atoms with Crippen LogP contribution in [-0.4, -0.2) is 19.5 Å². The minimum atomic E-state index is -1.12. The Hall–Kier alpha value is -2.18. The van der Waals surface area contributed by atoms with Gasteiger partial charge in [-0.1, -0.05) is 17.7 Å². The maximum Gasteiger partial charge on any atom is 0.278 e. The highest BCUT2D eigenvalue weighted by atomic mass is 35.5. The third-order valence-corrected chi connectivity index (χ3v) is 4.46.